The lowest BCUT2D eigenvalue weighted by atomic mass is 10.1. The molecule has 1 N–H and O–H groups in total. The molecule has 2 fully saturated rings. The molecule has 0 spiro atoms. The molecule has 3 nitrogen and oxygen atoms in total. The molecule has 2 saturated heterocycles. The fourth-order valence-corrected chi connectivity index (χ4v) is 2.22. The summed E-state index contributed by atoms with van der Waals surface area (Å²) >= 11 is 0. The second kappa shape index (κ2) is 6.38. The van der Waals surface area contributed by atoms with Crippen molar-refractivity contribution >= 4 is 0 Å². The van der Waals surface area contributed by atoms with E-state index in [0.717, 1.165) is 6.04 Å². The number of hydrogen-bond acceptors (Lipinski definition) is 3. The Bertz CT molecular complexity index is 149. The SMILES string of the molecule is CC.CCN1CCN2CCNCC2C1. The van der Waals surface area contributed by atoms with Crippen LogP contribution in [-0.4, -0.2) is 61.7 Å². The van der Waals surface area contributed by atoms with Crippen LogP contribution >= 0.6 is 0 Å². The number of nitrogens with zero attached hydrogens (tertiary/aromatic N) is 2. The molecule has 2 aliphatic heterocycles. The molecular formula is C11H25N3. The zero-order chi connectivity index (χ0) is 10.4. The van der Waals surface area contributed by atoms with E-state index in [1.165, 1.54) is 45.8 Å². The fourth-order valence-electron chi connectivity index (χ4n) is 2.22. The minimum Gasteiger partial charge on any atom is -0.314 e. The molecule has 2 heterocycles. The molecule has 0 aromatic rings. The number of hydrogen-bond donors (Lipinski definition) is 1. The van der Waals surface area contributed by atoms with Crippen LogP contribution in [0.15, 0.2) is 0 Å². The van der Waals surface area contributed by atoms with Crippen LogP contribution in [0.2, 0.25) is 0 Å². The first-order valence-electron chi connectivity index (χ1n) is 6.07. The zero-order valence-electron chi connectivity index (χ0n) is 9.92. The van der Waals surface area contributed by atoms with Gasteiger partial charge in [0.2, 0.25) is 0 Å². The van der Waals surface area contributed by atoms with Crippen molar-refractivity contribution in [3.63, 3.8) is 0 Å². The maximum absolute atomic E-state index is 3.46. The van der Waals surface area contributed by atoms with E-state index in [1.807, 2.05) is 13.8 Å². The second-order valence-corrected chi connectivity index (χ2v) is 3.79. The highest BCUT2D eigenvalue weighted by Crippen LogP contribution is 2.10. The van der Waals surface area contributed by atoms with Crippen molar-refractivity contribution < 1.29 is 0 Å². The normalized spacial score (nSPS) is 28.9. The Hall–Kier alpha value is -0.120. The quantitative estimate of drug-likeness (QED) is 0.668. The molecule has 0 bridgehead atoms. The largest absolute Gasteiger partial charge is 0.314 e. The molecular weight excluding hydrogens is 174 g/mol. The third-order valence-corrected chi connectivity index (χ3v) is 3.09. The third-order valence-electron chi connectivity index (χ3n) is 3.09. The van der Waals surface area contributed by atoms with Gasteiger partial charge in [0.15, 0.2) is 0 Å². The average Bonchev–Trinajstić information content (AvgIpc) is 2.31. The fraction of sp³-hybridized carbons (Fsp3) is 1.00. The third kappa shape index (κ3) is 2.94. The van der Waals surface area contributed by atoms with Crippen LogP contribution in [-0.2, 0) is 0 Å². The predicted molar refractivity (Wildman–Crippen MR) is 61.7 cm³/mol. The number of nitrogens with one attached hydrogen (secondary N) is 1. The van der Waals surface area contributed by atoms with Gasteiger partial charge in [0.05, 0.1) is 0 Å². The van der Waals surface area contributed by atoms with Crippen molar-refractivity contribution in [1.82, 2.24) is 15.1 Å². The van der Waals surface area contributed by atoms with Gasteiger partial charge in [-0.15, -0.1) is 0 Å². The van der Waals surface area contributed by atoms with Crippen LogP contribution in [0.25, 0.3) is 0 Å². The molecule has 2 rings (SSSR count). The standard InChI is InChI=1S/C9H19N3.C2H6/c1-2-11-5-6-12-4-3-10-7-9(12)8-11;1-2/h9-10H,2-8H2,1H3;1-2H3. The van der Waals surface area contributed by atoms with Crippen molar-refractivity contribution in [2.75, 3.05) is 45.8 Å². The van der Waals surface area contributed by atoms with Crippen LogP contribution in [0.3, 0.4) is 0 Å². The molecule has 14 heavy (non-hydrogen) atoms. The van der Waals surface area contributed by atoms with Gasteiger partial charge in [0.1, 0.15) is 0 Å². The van der Waals surface area contributed by atoms with Crippen molar-refractivity contribution in [3.05, 3.63) is 0 Å². The Labute approximate surface area is 88.5 Å². The van der Waals surface area contributed by atoms with Crippen molar-refractivity contribution in [1.29, 1.82) is 0 Å². The highest BCUT2D eigenvalue weighted by atomic mass is 15.3. The summed E-state index contributed by atoms with van der Waals surface area (Å²) < 4.78 is 0. The lowest BCUT2D eigenvalue weighted by Gasteiger charge is -2.43. The van der Waals surface area contributed by atoms with Crippen molar-refractivity contribution in [2.24, 2.45) is 0 Å². The highest BCUT2D eigenvalue weighted by molar-refractivity contribution is 4.86. The van der Waals surface area contributed by atoms with Crippen molar-refractivity contribution in [3.8, 4) is 0 Å². The molecule has 1 atom stereocenters. The molecule has 0 aliphatic carbocycles. The maximum Gasteiger partial charge on any atom is 0.0348 e. The zero-order valence-corrected chi connectivity index (χ0v) is 9.92. The van der Waals surface area contributed by atoms with E-state index in [0.29, 0.717) is 0 Å². The summed E-state index contributed by atoms with van der Waals surface area (Å²) in [6, 6.07) is 0.785. The molecule has 84 valence electrons. The van der Waals surface area contributed by atoms with Gasteiger partial charge in [-0.1, -0.05) is 20.8 Å². The van der Waals surface area contributed by atoms with Crippen LogP contribution in [0.5, 0.6) is 0 Å². The first kappa shape index (κ1) is 12.0. The molecule has 1 unspecified atom stereocenters. The molecule has 0 aromatic heterocycles. The second-order valence-electron chi connectivity index (χ2n) is 3.79. The number of fused-ring (bicyclic) bond motifs is 1. The van der Waals surface area contributed by atoms with Crippen LogP contribution < -0.4 is 5.32 Å². The molecule has 0 amide bonds. The Morgan fingerprint density at radius 3 is 2.71 bits per heavy atom. The van der Waals surface area contributed by atoms with Crippen LogP contribution in [0.4, 0.5) is 0 Å². The first-order chi connectivity index (χ1) is 6.90. The Morgan fingerprint density at radius 2 is 2.00 bits per heavy atom. The predicted octanol–water partition coefficient (Wildman–Crippen LogP) is 0.622. The van der Waals surface area contributed by atoms with Crippen LogP contribution in [0.1, 0.15) is 20.8 Å². The summed E-state index contributed by atoms with van der Waals surface area (Å²) in [5.74, 6) is 0. The maximum atomic E-state index is 3.46. The van der Waals surface area contributed by atoms with E-state index < -0.39 is 0 Å². The summed E-state index contributed by atoms with van der Waals surface area (Å²) in [5.41, 5.74) is 0. The van der Waals surface area contributed by atoms with Crippen molar-refractivity contribution in [2.45, 2.75) is 26.8 Å². The van der Waals surface area contributed by atoms with Gasteiger partial charge in [-0.25, -0.2) is 0 Å². The number of rotatable bonds is 1. The Morgan fingerprint density at radius 1 is 1.21 bits per heavy atom. The number of piperazine rings is 2. The van der Waals surface area contributed by atoms with Gasteiger partial charge in [0, 0.05) is 45.3 Å². The minimum absolute atomic E-state index is 0.785. The summed E-state index contributed by atoms with van der Waals surface area (Å²) in [6.07, 6.45) is 0. The van der Waals surface area contributed by atoms with E-state index in [9.17, 15) is 0 Å². The average molecular weight is 199 g/mol. The van der Waals surface area contributed by atoms with E-state index >= 15 is 0 Å². The van der Waals surface area contributed by atoms with Gasteiger partial charge in [0.25, 0.3) is 0 Å². The van der Waals surface area contributed by atoms with Crippen LogP contribution in [0, 0.1) is 0 Å². The van der Waals surface area contributed by atoms with Gasteiger partial charge in [-0.05, 0) is 6.54 Å². The van der Waals surface area contributed by atoms with Gasteiger partial charge < -0.3 is 10.2 Å². The summed E-state index contributed by atoms with van der Waals surface area (Å²) in [5, 5.41) is 3.46. The van der Waals surface area contributed by atoms with Gasteiger partial charge in [-0.2, -0.15) is 0 Å². The van der Waals surface area contributed by atoms with E-state index in [1.54, 1.807) is 0 Å². The Kier molecular flexibility index (Phi) is 5.45. The highest BCUT2D eigenvalue weighted by Gasteiger charge is 2.27. The lowest BCUT2D eigenvalue weighted by Crippen LogP contribution is -2.60. The summed E-state index contributed by atoms with van der Waals surface area (Å²) in [4.78, 5) is 5.18. The lowest BCUT2D eigenvalue weighted by molar-refractivity contribution is 0.0609. The molecule has 2 aliphatic rings. The summed E-state index contributed by atoms with van der Waals surface area (Å²) in [6.45, 7) is 14.9. The molecule has 0 saturated carbocycles. The molecule has 3 heteroatoms. The Balaban J connectivity index is 0.000000461. The van der Waals surface area contributed by atoms with Gasteiger partial charge in [-0.3, -0.25) is 4.90 Å². The van der Waals surface area contributed by atoms with E-state index in [2.05, 4.69) is 22.0 Å². The molecule has 0 radical (unpaired) electrons. The van der Waals surface area contributed by atoms with Gasteiger partial charge >= 0.3 is 0 Å². The number of likely N-dealkylation sites (N-methyl/N-ethyl adjacent to an activating group) is 1. The minimum atomic E-state index is 0.785. The monoisotopic (exact) mass is 199 g/mol. The topological polar surface area (TPSA) is 18.5 Å². The van der Waals surface area contributed by atoms with E-state index in [-0.39, 0.29) is 0 Å². The first-order valence-corrected chi connectivity index (χ1v) is 6.07. The smallest absolute Gasteiger partial charge is 0.0348 e. The van der Waals surface area contributed by atoms with E-state index in [4.69, 9.17) is 0 Å². The summed E-state index contributed by atoms with van der Waals surface area (Å²) in [7, 11) is 0. The molecule has 0 aromatic carbocycles.